The number of pyridine rings is 1. The quantitative estimate of drug-likeness (QED) is 0.902. The second-order valence-electron chi connectivity index (χ2n) is 5.09. The summed E-state index contributed by atoms with van der Waals surface area (Å²) in [6, 6.07) is 4.02. The van der Waals surface area contributed by atoms with Crippen molar-refractivity contribution in [1.82, 2.24) is 14.3 Å². The largest absolute Gasteiger partial charge is 0.479 e. The van der Waals surface area contributed by atoms with Crippen LogP contribution in [0.3, 0.4) is 0 Å². The van der Waals surface area contributed by atoms with Gasteiger partial charge in [0.25, 0.3) is 0 Å². The molecule has 1 fully saturated rings. The zero-order valence-corrected chi connectivity index (χ0v) is 11.3. The van der Waals surface area contributed by atoms with E-state index in [-0.39, 0.29) is 0 Å². The molecule has 1 atom stereocenters. The van der Waals surface area contributed by atoms with Gasteiger partial charge in [-0.2, -0.15) is 0 Å². The number of nitrogens with zero attached hydrogens (tertiary/aromatic N) is 3. The summed E-state index contributed by atoms with van der Waals surface area (Å²) >= 11 is 0. The molecule has 0 amide bonds. The first-order chi connectivity index (χ1) is 9.63. The van der Waals surface area contributed by atoms with Crippen LogP contribution < -0.4 is 0 Å². The number of rotatable bonds is 3. The SMILES string of the molecule is Cc1cccn2cc(CN3CCOC(C(=O)O)C3)nc12. The van der Waals surface area contributed by atoms with Gasteiger partial charge in [-0.15, -0.1) is 0 Å². The van der Waals surface area contributed by atoms with Gasteiger partial charge in [0.1, 0.15) is 5.65 Å². The number of aromatic nitrogens is 2. The molecule has 0 aromatic carbocycles. The van der Waals surface area contributed by atoms with Gasteiger partial charge in [-0.25, -0.2) is 9.78 Å². The number of aliphatic carboxylic acids is 1. The lowest BCUT2D eigenvalue weighted by molar-refractivity contribution is -0.156. The summed E-state index contributed by atoms with van der Waals surface area (Å²) in [6.07, 6.45) is 3.23. The van der Waals surface area contributed by atoms with Crippen molar-refractivity contribution in [3.63, 3.8) is 0 Å². The van der Waals surface area contributed by atoms with Gasteiger partial charge in [0.15, 0.2) is 6.10 Å². The topological polar surface area (TPSA) is 67.1 Å². The third-order valence-corrected chi connectivity index (χ3v) is 3.54. The molecule has 6 nitrogen and oxygen atoms in total. The van der Waals surface area contributed by atoms with Crippen molar-refractivity contribution in [3.8, 4) is 0 Å². The van der Waals surface area contributed by atoms with Crippen molar-refractivity contribution >= 4 is 11.6 Å². The van der Waals surface area contributed by atoms with Crippen molar-refractivity contribution in [3.05, 3.63) is 35.8 Å². The molecule has 0 spiro atoms. The summed E-state index contributed by atoms with van der Waals surface area (Å²) in [7, 11) is 0. The molecule has 1 saturated heterocycles. The third-order valence-electron chi connectivity index (χ3n) is 3.54. The summed E-state index contributed by atoms with van der Waals surface area (Å²) in [5, 5.41) is 9.00. The van der Waals surface area contributed by atoms with Gasteiger partial charge < -0.3 is 14.2 Å². The molecule has 0 bridgehead atoms. The fourth-order valence-corrected chi connectivity index (χ4v) is 2.51. The van der Waals surface area contributed by atoms with E-state index in [4.69, 9.17) is 9.84 Å². The summed E-state index contributed by atoms with van der Waals surface area (Å²) in [5.41, 5.74) is 3.03. The number of imidazole rings is 1. The molecular weight excluding hydrogens is 258 g/mol. The minimum absolute atomic E-state index is 0.405. The van der Waals surface area contributed by atoms with E-state index in [1.807, 2.05) is 35.9 Å². The maximum Gasteiger partial charge on any atom is 0.334 e. The van der Waals surface area contributed by atoms with Crippen LogP contribution in [0.25, 0.3) is 5.65 Å². The molecule has 1 aliphatic rings. The Morgan fingerprint density at radius 1 is 1.60 bits per heavy atom. The molecule has 0 radical (unpaired) electrons. The molecule has 2 aromatic heterocycles. The van der Waals surface area contributed by atoms with Gasteiger partial charge in [-0.05, 0) is 18.6 Å². The number of carbonyl (C=O) groups is 1. The van der Waals surface area contributed by atoms with Crippen molar-refractivity contribution in [2.75, 3.05) is 19.7 Å². The minimum Gasteiger partial charge on any atom is -0.479 e. The molecule has 0 saturated carbocycles. The Morgan fingerprint density at radius 2 is 2.45 bits per heavy atom. The van der Waals surface area contributed by atoms with Crippen molar-refractivity contribution in [2.24, 2.45) is 0 Å². The first kappa shape index (κ1) is 13.1. The number of morpholine rings is 1. The molecule has 6 heteroatoms. The van der Waals surface area contributed by atoms with Gasteiger partial charge in [0.05, 0.1) is 12.3 Å². The number of hydrogen-bond acceptors (Lipinski definition) is 4. The Bertz CT molecular complexity index is 638. The van der Waals surface area contributed by atoms with Crippen LogP contribution >= 0.6 is 0 Å². The van der Waals surface area contributed by atoms with E-state index in [1.165, 1.54) is 0 Å². The smallest absolute Gasteiger partial charge is 0.334 e. The third kappa shape index (κ3) is 2.52. The standard InChI is InChI=1S/C14H17N3O3/c1-10-3-2-4-17-8-11(15-13(10)17)7-16-5-6-20-12(9-16)14(18)19/h2-4,8,12H,5-7,9H2,1H3,(H,18,19). The van der Waals surface area contributed by atoms with E-state index in [1.54, 1.807) is 0 Å². The average Bonchev–Trinajstić information content (AvgIpc) is 2.83. The number of carboxylic acid groups (broad SMARTS) is 1. The lowest BCUT2D eigenvalue weighted by Crippen LogP contribution is -2.45. The molecule has 3 rings (SSSR count). The second-order valence-corrected chi connectivity index (χ2v) is 5.09. The Kier molecular flexibility index (Phi) is 3.42. The Hall–Kier alpha value is -1.92. The number of carboxylic acids is 1. The molecule has 1 N–H and O–H groups in total. The highest BCUT2D eigenvalue weighted by Gasteiger charge is 2.26. The molecule has 1 unspecified atom stereocenters. The van der Waals surface area contributed by atoms with Crippen LogP contribution in [0.4, 0.5) is 0 Å². The van der Waals surface area contributed by atoms with Crippen LogP contribution in [0.2, 0.25) is 0 Å². The molecule has 3 heterocycles. The molecule has 0 aliphatic carbocycles. The fraction of sp³-hybridized carbons (Fsp3) is 0.429. The zero-order valence-electron chi connectivity index (χ0n) is 11.3. The van der Waals surface area contributed by atoms with Crippen LogP contribution in [0.15, 0.2) is 24.5 Å². The number of hydrogen-bond donors (Lipinski definition) is 1. The highest BCUT2D eigenvalue weighted by Crippen LogP contribution is 2.13. The van der Waals surface area contributed by atoms with E-state index >= 15 is 0 Å². The molecule has 20 heavy (non-hydrogen) atoms. The van der Waals surface area contributed by atoms with Crippen LogP contribution in [0.1, 0.15) is 11.3 Å². The average molecular weight is 275 g/mol. The van der Waals surface area contributed by atoms with Gasteiger partial charge in [0, 0.05) is 32.0 Å². The number of fused-ring (bicyclic) bond motifs is 1. The lowest BCUT2D eigenvalue weighted by Gasteiger charge is -2.30. The molecule has 1 aliphatic heterocycles. The predicted octanol–water partition coefficient (Wildman–Crippen LogP) is 0.928. The minimum atomic E-state index is -0.902. The van der Waals surface area contributed by atoms with Crippen LogP contribution in [0, 0.1) is 6.92 Å². The van der Waals surface area contributed by atoms with E-state index in [9.17, 15) is 4.79 Å². The molecular formula is C14H17N3O3. The fourth-order valence-electron chi connectivity index (χ4n) is 2.51. The van der Waals surface area contributed by atoms with Crippen molar-refractivity contribution < 1.29 is 14.6 Å². The van der Waals surface area contributed by atoms with Gasteiger partial charge in [-0.3, -0.25) is 4.90 Å². The summed E-state index contributed by atoms with van der Waals surface area (Å²) in [6.45, 7) is 4.26. The number of ether oxygens (including phenoxy) is 1. The van der Waals surface area contributed by atoms with Crippen molar-refractivity contribution in [2.45, 2.75) is 19.6 Å². The predicted molar refractivity (Wildman–Crippen MR) is 72.6 cm³/mol. The zero-order chi connectivity index (χ0) is 14.1. The van der Waals surface area contributed by atoms with E-state index in [0.29, 0.717) is 19.7 Å². The monoisotopic (exact) mass is 275 g/mol. The second kappa shape index (κ2) is 5.22. The normalized spacial score (nSPS) is 20.4. The maximum atomic E-state index is 11.0. The number of aryl methyl sites for hydroxylation is 1. The maximum absolute atomic E-state index is 11.0. The van der Waals surface area contributed by atoms with Crippen molar-refractivity contribution in [1.29, 1.82) is 0 Å². The Labute approximate surface area is 116 Å². The summed E-state index contributed by atoms with van der Waals surface area (Å²) in [5.74, 6) is -0.902. The first-order valence-electron chi connectivity index (χ1n) is 6.63. The summed E-state index contributed by atoms with van der Waals surface area (Å²) < 4.78 is 7.22. The Morgan fingerprint density at radius 3 is 3.20 bits per heavy atom. The van der Waals surface area contributed by atoms with E-state index < -0.39 is 12.1 Å². The molecule has 106 valence electrons. The van der Waals surface area contributed by atoms with Crippen LogP contribution in [-0.4, -0.2) is 51.2 Å². The molecule has 2 aromatic rings. The van der Waals surface area contributed by atoms with Crippen LogP contribution in [0.5, 0.6) is 0 Å². The first-order valence-corrected chi connectivity index (χ1v) is 6.63. The highest BCUT2D eigenvalue weighted by molar-refractivity contribution is 5.72. The van der Waals surface area contributed by atoms with Gasteiger partial charge >= 0.3 is 5.97 Å². The van der Waals surface area contributed by atoms with E-state index in [0.717, 1.165) is 23.4 Å². The summed E-state index contributed by atoms with van der Waals surface area (Å²) in [4.78, 5) is 17.6. The van der Waals surface area contributed by atoms with Gasteiger partial charge in [-0.1, -0.05) is 6.07 Å². The van der Waals surface area contributed by atoms with Gasteiger partial charge in [0.2, 0.25) is 0 Å². The van der Waals surface area contributed by atoms with Crippen LogP contribution in [-0.2, 0) is 16.1 Å². The lowest BCUT2D eigenvalue weighted by atomic mass is 10.2. The van der Waals surface area contributed by atoms with E-state index in [2.05, 4.69) is 9.88 Å². The highest BCUT2D eigenvalue weighted by atomic mass is 16.5. The Balaban J connectivity index is 1.76.